The van der Waals surface area contributed by atoms with E-state index in [2.05, 4.69) is 0 Å². The minimum atomic E-state index is -0.609. The average Bonchev–Trinajstić information content (AvgIpc) is 2.62. The summed E-state index contributed by atoms with van der Waals surface area (Å²) in [4.78, 5) is 10.7. The van der Waals surface area contributed by atoms with E-state index >= 15 is 0 Å². The summed E-state index contributed by atoms with van der Waals surface area (Å²) >= 11 is 0. The molecule has 0 aliphatic heterocycles. The highest BCUT2D eigenvalue weighted by atomic mass is 16.4. The fourth-order valence-electron chi connectivity index (χ4n) is 2.40. The minimum Gasteiger partial charge on any atom is -0.481 e. The van der Waals surface area contributed by atoms with E-state index in [1.165, 1.54) is 25.7 Å². The summed E-state index contributed by atoms with van der Waals surface area (Å²) in [5.74, 6) is 1.45. The zero-order valence-corrected chi connectivity index (χ0v) is 7.49. The number of hydrogen-bond donors (Lipinski definition) is 1. The molecule has 2 aliphatic rings. The molecule has 2 rings (SSSR count). The number of hydrogen-bond acceptors (Lipinski definition) is 1. The summed E-state index contributed by atoms with van der Waals surface area (Å²) in [5.41, 5.74) is 0. The second-order valence-corrected chi connectivity index (χ2v) is 4.38. The van der Waals surface area contributed by atoms with Gasteiger partial charge >= 0.3 is 5.97 Å². The zero-order valence-electron chi connectivity index (χ0n) is 7.49. The molecule has 0 radical (unpaired) electrons. The number of rotatable bonds is 3. The Hall–Kier alpha value is -0.530. The lowest BCUT2D eigenvalue weighted by Crippen LogP contribution is -2.18. The number of aliphatic carboxylic acids is 1. The third-order valence-electron chi connectivity index (χ3n) is 3.68. The molecule has 0 saturated heterocycles. The van der Waals surface area contributed by atoms with E-state index in [1.807, 2.05) is 6.92 Å². The molecule has 2 saturated carbocycles. The highest BCUT2D eigenvalue weighted by molar-refractivity contribution is 5.70. The monoisotopic (exact) mass is 168 g/mol. The Labute approximate surface area is 73.0 Å². The molecule has 0 heterocycles. The van der Waals surface area contributed by atoms with Crippen molar-refractivity contribution in [1.82, 2.24) is 0 Å². The molecule has 2 nitrogen and oxygen atoms in total. The lowest BCUT2D eigenvalue weighted by molar-refractivity contribution is -0.142. The Morgan fingerprint density at radius 2 is 2.17 bits per heavy atom. The van der Waals surface area contributed by atoms with Gasteiger partial charge in [-0.2, -0.15) is 0 Å². The molecule has 3 unspecified atom stereocenters. The van der Waals surface area contributed by atoms with Crippen LogP contribution in [0.15, 0.2) is 0 Å². The zero-order chi connectivity index (χ0) is 8.72. The van der Waals surface area contributed by atoms with Crippen molar-refractivity contribution in [2.24, 2.45) is 23.7 Å². The second kappa shape index (κ2) is 2.75. The van der Waals surface area contributed by atoms with Crippen molar-refractivity contribution in [2.45, 2.75) is 32.6 Å². The summed E-state index contributed by atoms with van der Waals surface area (Å²) < 4.78 is 0. The van der Waals surface area contributed by atoms with Crippen molar-refractivity contribution in [3.8, 4) is 0 Å². The quantitative estimate of drug-likeness (QED) is 0.701. The van der Waals surface area contributed by atoms with E-state index in [9.17, 15) is 4.79 Å². The molecular weight excluding hydrogens is 152 g/mol. The first kappa shape index (κ1) is 8.09. The molecule has 0 aromatic carbocycles. The average molecular weight is 168 g/mol. The minimum absolute atomic E-state index is 0.101. The van der Waals surface area contributed by atoms with Gasteiger partial charge in [-0.1, -0.05) is 26.2 Å². The lowest BCUT2D eigenvalue weighted by Gasteiger charge is -2.26. The van der Waals surface area contributed by atoms with Gasteiger partial charge < -0.3 is 5.11 Å². The Balaban J connectivity index is 1.82. The second-order valence-electron chi connectivity index (χ2n) is 4.38. The van der Waals surface area contributed by atoms with Gasteiger partial charge in [0, 0.05) is 0 Å². The van der Waals surface area contributed by atoms with Gasteiger partial charge in [0.15, 0.2) is 0 Å². The third kappa shape index (κ3) is 1.23. The van der Waals surface area contributed by atoms with E-state index in [4.69, 9.17) is 5.11 Å². The van der Waals surface area contributed by atoms with Gasteiger partial charge in [0.2, 0.25) is 0 Å². The Kier molecular flexibility index (Phi) is 1.85. The van der Waals surface area contributed by atoms with Crippen molar-refractivity contribution in [3.63, 3.8) is 0 Å². The molecule has 68 valence electrons. The number of carboxylic acid groups (broad SMARTS) is 1. The molecule has 1 N–H and O–H groups in total. The van der Waals surface area contributed by atoms with Crippen molar-refractivity contribution >= 4 is 5.97 Å². The molecule has 2 fully saturated rings. The first-order valence-electron chi connectivity index (χ1n) is 4.93. The van der Waals surface area contributed by atoms with Gasteiger partial charge in [0.25, 0.3) is 0 Å². The van der Waals surface area contributed by atoms with Crippen LogP contribution in [0.1, 0.15) is 32.6 Å². The molecular formula is C10H16O2. The van der Waals surface area contributed by atoms with Gasteiger partial charge in [-0.05, 0) is 24.2 Å². The van der Waals surface area contributed by atoms with Crippen molar-refractivity contribution in [1.29, 1.82) is 0 Å². The maximum atomic E-state index is 10.7. The maximum Gasteiger partial charge on any atom is 0.306 e. The summed E-state index contributed by atoms with van der Waals surface area (Å²) in [6, 6.07) is 0. The van der Waals surface area contributed by atoms with Crippen molar-refractivity contribution < 1.29 is 9.90 Å². The van der Waals surface area contributed by atoms with E-state index < -0.39 is 5.97 Å². The van der Waals surface area contributed by atoms with Crippen LogP contribution in [-0.4, -0.2) is 11.1 Å². The lowest BCUT2D eigenvalue weighted by atomic mass is 9.80. The molecule has 2 aliphatic carbocycles. The largest absolute Gasteiger partial charge is 0.481 e. The smallest absolute Gasteiger partial charge is 0.306 e. The predicted molar refractivity (Wildman–Crippen MR) is 45.7 cm³/mol. The van der Waals surface area contributed by atoms with E-state index in [1.54, 1.807) is 0 Å². The normalized spacial score (nSPS) is 37.1. The molecule has 0 aromatic heterocycles. The molecule has 0 aromatic rings. The maximum absolute atomic E-state index is 10.7. The van der Waals surface area contributed by atoms with Crippen LogP contribution in [0.5, 0.6) is 0 Å². The molecule has 3 atom stereocenters. The Bertz CT molecular complexity index is 196. The SMILES string of the molecule is CC(C(=O)O)C1CC1C1CCC1. The van der Waals surface area contributed by atoms with Crippen LogP contribution in [0.2, 0.25) is 0 Å². The number of carbonyl (C=O) groups is 1. The predicted octanol–water partition coefficient (Wildman–Crippen LogP) is 2.14. The fourth-order valence-corrected chi connectivity index (χ4v) is 2.40. The van der Waals surface area contributed by atoms with Crippen LogP contribution < -0.4 is 0 Å². The summed E-state index contributed by atoms with van der Waals surface area (Å²) in [7, 11) is 0. The standard InChI is InChI=1S/C10H16O2/c1-6(10(11)12)8-5-9(8)7-3-2-4-7/h6-9H,2-5H2,1H3,(H,11,12). The van der Waals surface area contributed by atoms with Crippen LogP contribution in [0, 0.1) is 23.7 Å². The highest BCUT2D eigenvalue weighted by Gasteiger charge is 2.49. The number of carboxylic acids is 1. The summed E-state index contributed by atoms with van der Waals surface area (Å²) in [6.07, 6.45) is 5.26. The molecule has 2 heteroatoms. The van der Waals surface area contributed by atoms with E-state index in [0.717, 1.165) is 11.8 Å². The van der Waals surface area contributed by atoms with Crippen molar-refractivity contribution in [2.75, 3.05) is 0 Å². The van der Waals surface area contributed by atoms with Crippen molar-refractivity contribution in [3.05, 3.63) is 0 Å². The van der Waals surface area contributed by atoms with E-state index in [-0.39, 0.29) is 5.92 Å². The van der Waals surface area contributed by atoms with Gasteiger partial charge in [-0.15, -0.1) is 0 Å². The fraction of sp³-hybridized carbons (Fsp3) is 0.900. The summed E-state index contributed by atoms with van der Waals surface area (Å²) in [6.45, 7) is 1.85. The topological polar surface area (TPSA) is 37.3 Å². The van der Waals surface area contributed by atoms with Gasteiger partial charge in [0.1, 0.15) is 0 Å². The van der Waals surface area contributed by atoms with Gasteiger partial charge in [-0.3, -0.25) is 4.79 Å². The third-order valence-corrected chi connectivity index (χ3v) is 3.68. The van der Waals surface area contributed by atoms with Crippen LogP contribution in [0.4, 0.5) is 0 Å². The summed E-state index contributed by atoms with van der Waals surface area (Å²) in [5, 5.41) is 8.78. The van der Waals surface area contributed by atoms with Crippen LogP contribution in [-0.2, 0) is 4.79 Å². The van der Waals surface area contributed by atoms with Crippen LogP contribution in [0.3, 0.4) is 0 Å². The molecule has 0 amide bonds. The van der Waals surface area contributed by atoms with Gasteiger partial charge in [-0.25, -0.2) is 0 Å². The highest BCUT2D eigenvalue weighted by Crippen LogP contribution is 2.54. The molecule has 0 bridgehead atoms. The van der Waals surface area contributed by atoms with Crippen LogP contribution >= 0.6 is 0 Å². The van der Waals surface area contributed by atoms with Gasteiger partial charge in [0.05, 0.1) is 5.92 Å². The Morgan fingerprint density at radius 3 is 2.58 bits per heavy atom. The first-order valence-corrected chi connectivity index (χ1v) is 4.93. The molecule has 0 spiro atoms. The first-order chi connectivity index (χ1) is 5.70. The molecule has 12 heavy (non-hydrogen) atoms. The Morgan fingerprint density at radius 1 is 1.50 bits per heavy atom. The van der Waals surface area contributed by atoms with Crippen LogP contribution in [0.25, 0.3) is 0 Å². The van der Waals surface area contributed by atoms with E-state index in [0.29, 0.717) is 5.92 Å².